The third-order valence-electron chi connectivity index (χ3n) is 4.75. The van der Waals surface area contributed by atoms with Crippen LogP contribution < -0.4 is 10.6 Å². The van der Waals surface area contributed by atoms with Gasteiger partial charge >= 0.3 is 0 Å². The van der Waals surface area contributed by atoms with Gasteiger partial charge in [-0.15, -0.1) is 0 Å². The number of rotatable bonds is 8. The van der Waals surface area contributed by atoms with Crippen molar-refractivity contribution in [3.8, 4) is 11.4 Å². The second-order valence-corrected chi connectivity index (χ2v) is 7.94. The number of nitrogens with zero attached hydrogens (tertiary/aromatic N) is 4. The summed E-state index contributed by atoms with van der Waals surface area (Å²) in [6, 6.07) is 7.66. The molecule has 0 spiro atoms. The molecule has 0 saturated heterocycles. The van der Waals surface area contributed by atoms with Crippen molar-refractivity contribution in [3.05, 3.63) is 46.9 Å². The Labute approximate surface area is 187 Å². The van der Waals surface area contributed by atoms with Crippen LogP contribution in [-0.2, 0) is 9.53 Å². The maximum absolute atomic E-state index is 12.6. The molecule has 0 aliphatic carbocycles. The van der Waals surface area contributed by atoms with Gasteiger partial charge in [-0.05, 0) is 24.4 Å². The fraction of sp³-hybridized carbons (Fsp3) is 0.238. The predicted octanol–water partition coefficient (Wildman–Crippen LogP) is 3.24. The number of pyridine rings is 1. The normalized spacial score (nSPS) is 12.0. The molecule has 0 fully saturated rings. The minimum absolute atomic E-state index is 0.172. The van der Waals surface area contributed by atoms with Gasteiger partial charge in [-0.1, -0.05) is 28.6 Å². The average Bonchev–Trinajstić information content (AvgIpc) is 3.38. The number of aldehydes is 1. The van der Waals surface area contributed by atoms with E-state index in [-0.39, 0.29) is 12.5 Å². The highest BCUT2D eigenvalue weighted by molar-refractivity contribution is 7.17. The number of thiazole rings is 1. The molecule has 0 aliphatic rings. The fourth-order valence-electron chi connectivity index (χ4n) is 3.09. The average molecular weight is 452 g/mol. The van der Waals surface area contributed by atoms with Crippen molar-refractivity contribution in [1.82, 2.24) is 20.1 Å². The molecular formula is C21H20N6O4S. The summed E-state index contributed by atoms with van der Waals surface area (Å²) in [5, 5.41) is 12.0. The van der Waals surface area contributed by atoms with Crippen LogP contribution in [0.3, 0.4) is 0 Å². The molecule has 0 bridgehead atoms. The number of carbonyl (C=O) groups is 2. The second kappa shape index (κ2) is 9.20. The molecule has 4 aromatic rings. The van der Waals surface area contributed by atoms with Crippen LogP contribution in [0.4, 0.5) is 10.9 Å². The van der Waals surface area contributed by atoms with Gasteiger partial charge < -0.3 is 14.6 Å². The van der Waals surface area contributed by atoms with Gasteiger partial charge in [-0.25, -0.2) is 9.97 Å². The largest absolute Gasteiger partial charge is 0.370 e. The third kappa shape index (κ3) is 4.48. The minimum Gasteiger partial charge on any atom is -0.370 e. The van der Waals surface area contributed by atoms with Crippen LogP contribution >= 0.6 is 11.3 Å². The molecule has 0 radical (unpaired) electrons. The lowest BCUT2D eigenvalue weighted by Gasteiger charge is -2.16. The number of aromatic nitrogens is 4. The molecule has 0 saturated carbocycles. The Morgan fingerprint density at radius 3 is 2.81 bits per heavy atom. The highest BCUT2D eigenvalue weighted by Crippen LogP contribution is 2.27. The fourth-order valence-corrected chi connectivity index (χ4v) is 3.88. The van der Waals surface area contributed by atoms with E-state index in [0.29, 0.717) is 39.5 Å². The third-order valence-corrected chi connectivity index (χ3v) is 5.75. The Bertz CT molecular complexity index is 1280. The lowest BCUT2D eigenvalue weighted by atomic mass is 10.1. The van der Waals surface area contributed by atoms with E-state index < -0.39 is 6.10 Å². The van der Waals surface area contributed by atoms with Crippen molar-refractivity contribution < 1.29 is 18.8 Å². The van der Waals surface area contributed by atoms with E-state index in [0.717, 1.165) is 27.7 Å². The summed E-state index contributed by atoms with van der Waals surface area (Å²) in [4.78, 5) is 37.0. The van der Waals surface area contributed by atoms with Gasteiger partial charge in [-0.2, -0.15) is 4.98 Å². The molecule has 164 valence electrons. The number of hydrogen-bond acceptors (Lipinski definition) is 10. The van der Waals surface area contributed by atoms with Crippen LogP contribution in [0.15, 0.2) is 35.0 Å². The van der Waals surface area contributed by atoms with Crippen LogP contribution in [0.2, 0.25) is 0 Å². The summed E-state index contributed by atoms with van der Waals surface area (Å²) in [7, 11) is 1.45. The molecule has 11 heteroatoms. The van der Waals surface area contributed by atoms with E-state index in [9.17, 15) is 9.59 Å². The molecule has 4 rings (SSSR count). The van der Waals surface area contributed by atoms with Gasteiger partial charge in [0.15, 0.2) is 17.5 Å². The van der Waals surface area contributed by atoms with Crippen molar-refractivity contribution in [3.63, 3.8) is 0 Å². The highest BCUT2D eigenvalue weighted by Gasteiger charge is 2.20. The van der Waals surface area contributed by atoms with E-state index in [1.165, 1.54) is 7.11 Å². The number of carbonyl (C=O) groups excluding carboxylic acids is 2. The van der Waals surface area contributed by atoms with Crippen molar-refractivity contribution >= 4 is 45.3 Å². The number of aryl methyl sites for hydroxylation is 2. The molecular weight excluding hydrogens is 432 g/mol. The maximum atomic E-state index is 12.6. The van der Waals surface area contributed by atoms with Crippen molar-refractivity contribution in [2.24, 2.45) is 0 Å². The summed E-state index contributed by atoms with van der Waals surface area (Å²) in [5.74, 6) is 1.18. The van der Waals surface area contributed by atoms with Gasteiger partial charge in [0.05, 0.1) is 17.1 Å². The van der Waals surface area contributed by atoms with Crippen molar-refractivity contribution in [1.29, 1.82) is 0 Å². The molecule has 10 nitrogen and oxygen atoms in total. The van der Waals surface area contributed by atoms with Crippen LogP contribution in [0, 0.1) is 13.8 Å². The van der Waals surface area contributed by atoms with E-state index in [2.05, 4.69) is 30.7 Å². The first-order valence-electron chi connectivity index (χ1n) is 9.68. The smallest absolute Gasteiger partial charge is 0.257 e. The zero-order chi connectivity index (χ0) is 22.7. The van der Waals surface area contributed by atoms with Crippen LogP contribution in [-0.4, -0.2) is 52.1 Å². The summed E-state index contributed by atoms with van der Waals surface area (Å²) >= 11 is 1.11. The summed E-state index contributed by atoms with van der Waals surface area (Å²) in [6.07, 6.45) is 1.59. The number of methoxy groups -OCH3 is 1. The van der Waals surface area contributed by atoms with Gasteiger partial charge in [0.1, 0.15) is 5.82 Å². The van der Waals surface area contributed by atoms with Gasteiger partial charge in [0.2, 0.25) is 11.7 Å². The van der Waals surface area contributed by atoms with Crippen molar-refractivity contribution in [2.45, 2.75) is 20.0 Å². The molecule has 1 unspecified atom stereocenters. The lowest BCUT2D eigenvalue weighted by Crippen LogP contribution is -2.35. The second-order valence-electron chi connectivity index (χ2n) is 6.91. The first-order valence-corrected chi connectivity index (χ1v) is 10.5. The predicted molar refractivity (Wildman–Crippen MR) is 120 cm³/mol. The van der Waals surface area contributed by atoms with Gasteiger partial charge in [-0.3, -0.25) is 14.9 Å². The Kier molecular flexibility index (Phi) is 6.19. The zero-order valence-electron chi connectivity index (χ0n) is 17.6. The Balaban J connectivity index is 1.51. The first kappa shape index (κ1) is 21.5. The summed E-state index contributed by atoms with van der Waals surface area (Å²) < 4.78 is 10.4. The monoisotopic (exact) mass is 452 g/mol. The summed E-state index contributed by atoms with van der Waals surface area (Å²) in [5.41, 5.74) is 1.36. The molecule has 1 atom stereocenters. The number of anilines is 2. The van der Waals surface area contributed by atoms with E-state index in [4.69, 9.17) is 9.26 Å². The zero-order valence-corrected chi connectivity index (χ0v) is 18.4. The van der Waals surface area contributed by atoms with Crippen molar-refractivity contribution in [2.75, 3.05) is 24.3 Å². The molecule has 2 N–H and O–H groups in total. The van der Waals surface area contributed by atoms with E-state index in [1.54, 1.807) is 20.0 Å². The van der Waals surface area contributed by atoms with Crippen LogP contribution in [0.5, 0.6) is 0 Å². The molecule has 32 heavy (non-hydrogen) atoms. The number of amides is 1. The number of nitrogens with one attached hydrogen (secondary N) is 2. The van der Waals surface area contributed by atoms with Gasteiger partial charge in [0.25, 0.3) is 5.91 Å². The minimum atomic E-state index is -0.806. The Hall–Kier alpha value is -3.70. The quantitative estimate of drug-likeness (QED) is 0.387. The number of benzene rings is 1. The van der Waals surface area contributed by atoms with E-state index in [1.807, 2.05) is 24.3 Å². The molecule has 1 aromatic carbocycles. The van der Waals surface area contributed by atoms with Crippen LogP contribution in [0.1, 0.15) is 21.3 Å². The number of fused-ring (bicyclic) bond motifs is 1. The SMILES string of the molecule is COC(CNc1nccc2ccc(-c3noc(C)n3)cc12)C(=O)Nc1nc(C)c(C=O)s1. The molecule has 3 aromatic heterocycles. The topological polar surface area (TPSA) is 132 Å². The summed E-state index contributed by atoms with van der Waals surface area (Å²) in [6.45, 7) is 3.61. The first-order chi connectivity index (χ1) is 15.5. The Morgan fingerprint density at radius 1 is 1.28 bits per heavy atom. The number of hydrogen-bond donors (Lipinski definition) is 2. The molecule has 3 heterocycles. The van der Waals surface area contributed by atoms with Crippen LogP contribution in [0.25, 0.3) is 22.2 Å². The van der Waals surface area contributed by atoms with Gasteiger partial charge in [0, 0.05) is 31.2 Å². The molecule has 1 amide bonds. The Morgan fingerprint density at radius 2 is 2.12 bits per heavy atom. The lowest BCUT2D eigenvalue weighted by molar-refractivity contribution is -0.124. The molecule has 0 aliphatic heterocycles. The number of ether oxygens (including phenoxy) is 1. The maximum Gasteiger partial charge on any atom is 0.257 e. The van der Waals surface area contributed by atoms with E-state index >= 15 is 0 Å². The highest BCUT2D eigenvalue weighted by atomic mass is 32.1. The standard InChI is InChI=1S/C21H20N6O4S/c1-11-17(10-28)32-21(24-11)26-20(29)16(30-3)9-23-19-15-8-14(18-25-12(2)31-27-18)5-4-13(15)6-7-22-19/h4-8,10,16H,9H2,1-3H3,(H,22,23)(H,24,26,29).